The molecule has 0 aromatic rings. The van der Waals surface area contributed by atoms with E-state index in [-0.39, 0.29) is 36.9 Å². The predicted molar refractivity (Wildman–Crippen MR) is 71.2 cm³/mol. The summed E-state index contributed by atoms with van der Waals surface area (Å²) < 4.78 is 31.3. The van der Waals surface area contributed by atoms with Crippen LogP contribution in [0, 0.1) is 0 Å². The molecule has 1 aliphatic heterocycles. The highest BCUT2D eigenvalue weighted by atomic mass is 35.5. The normalized spacial score (nSPS) is 21.2. The first-order valence-corrected chi connectivity index (χ1v) is 7.47. The lowest BCUT2D eigenvalue weighted by Gasteiger charge is -2.23. The Hall–Kier alpha value is 0.120. The van der Waals surface area contributed by atoms with E-state index in [9.17, 15) is 8.42 Å². The summed E-state index contributed by atoms with van der Waals surface area (Å²) in [7, 11) is -3.19. The van der Waals surface area contributed by atoms with Crippen LogP contribution in [0.15, 0.2) is 0 Å². The van der Waals surface area contributed by atoms with Crippen molar-refractivity contribution < 1.29 is 13.2 Å². The van der Waals surface area contributed by atoms with Gasteiger partial charge < -0.3 is 10.1 Å². The Morgan fingerprint density at radius 3 is 2.71 bits per heavy atom. The maximum absolute atomic E-state index is 11.7. The number of sulfonamides is 1. The van der Waals surface area contributed by atoms with Gasteiger partial charge in [0, 0.05) is 12.6 Å². The second kappa shape index (κ2) is 8.26. The minimum absolute atomic E-state index is 0. The standard InChI is InChI=1S/C10H22N2O3S.ClH/c1-9(2)15-6-7-16(13,14)12-10-4-3-5-11-8-10;/h9-12H,3-8H2,1-2H3;1H/t10-;/m0./s1. The molecule has 0 unspecified atom stereocenters. The van der Waals surface area contributed by atoms with Crippen LogP contribution < -0.4 is 10.0 Å². The molecule has 0 amide bonds. The lowest BCUT2D eigenvalue weighted by Crippen LogP contribution is -2.46. The predicted octanol–water partition coefficient (Wildman–Crippen LogP) is 0.505. The van der Waals surface area contributed by atoms with Gasteiger partial charge >= 0.3 is 0 Å². The molecule has 0 spiro atoms. The summed E-state index contributed by atoms with van der Waals surface area (Å²) >= 11 is 0. The molecule has 2 N–H and O–H groups in total. The fourth-order valence-electron chi connectivity index (χ4n) is 1.66. The van der Waals surface area contributed by atoms with E-state index >= 15 is 0 Å². The summed E-state index contributed by atoms with van der Waals surface area (Å²) in [5.41, 5.74) is 0. The second-order valence-electron chi connectivity index (χ2n) is 4.40. The molecule has 1 atom stereocenters. The zero-order valence-electron chi connectivity index (χ0n) is 10.4. The van der Waals surface area contributed by atoms with Gasteiger partial charge in [0.2, 0.25) is 10.0 Å². The molecule has 0 bridgehead atoms. The van der Waals surface area contributed by atoms with Crippen LogP contribution in [-0.2, 0) is 14.8 Å². The van der Waals surface area contributed by atoms with Crippen molar-refractivity contribution in [3.63, 3.8) is 0 Å². The van der Waals surface area contributed by atoms with E-state index in [0.29, 0.717) is 0 Å². The van der Waals surface area contributed by atoms with Crippen LogP contribution >= 0.6 is 12.4 Å². The summed E-state index contributed by atoms with van der Waals surface area (Å²) in [6.07, 6.45) is 2.01. The first kappa shape index (κ1) is 17.1. The summed E-state index contributed by atoms with van der Waals surface area (Å²) in [4.78, 5) is 0. The SMILES string of the molecule is CC(C)OCCS(=O)(=O)N[C@H]1CCCNC1.Cl. The number of rotatable bonds is 6. The van der Waals surface area contributed by atoms with Crippen molar-refractivity contribution in [2.75, 3.05) is 25.4 Å². The Kier molecular flexibility index (Phi) is 8.32. The van der Waals surface area contributed by atoms with E-state index < -0.39 is 10.0 Å². The van der Waals surface area contributed by atoms with Crippen molar-refractivity contribution >= 4 is 22.4 Å². The van der Waals surface area contributed by atoms with Gasteiger partial charge in [-0.3, -0.25) is 0 Å². The van der Waals surface area contributed by atoms with Crippen LogP contribution in [-0.4, -0.2) is 46.0 Å². The molecule has 1 fully saturated rings. The first-order chi connectivity index (χ1) is 7.49. The van der Waals surface area contributed by atoms with Crippen molar-refractivity contribution in [3.8, 4) is 0 Å². The van der Waals surface area contributed by atoms with Crippen LogP contribution in [0.3, 0.4) is 0 Å². The Bertz CT molecular complexity index is 290. The molecular weight excluding hydrogens is 264 g/mol. The number of halogens is 1. The highest BCUT2D eigenvalue weighted by Crippen LogP contribution is 2.03. The largest absolute Gasteiger partial charge is 0.378 e. The quantitative estimate of drug-likeness (QED) is 0.746. The van der Waals surface area contributed by atoms with Crippen LogP contribution in [0.25, 0.3) is 0 Å². The van der Waals surface area contributed by atoms with Gasteiger partial charge in [-0.1, -0.05) is 0 Å². The summed E-state index contributed by atoms with van der Waals surface area (Å²) in [5, 5.41) is 3.17. The smallest absolute Gasteiger partial charge is 0.214 e. The average Bonchev–Trinajstić information content (AvgIpc) is 2.17. The molecule has 7 heteroatoms. The van der Waals surface area contributed by atoms with Gasteiger partial charge in [-0.25, -0.2) is 13.1 Å². The van der Waals surface area contributed by atoms with E-state index in [0.717, 1.165) is 25.9 Å². The van der Waals surface area contributed by atoms with Crippen LogP contribution in [0.1, 0.15) is 26.7 Å². The minimum Gasteiger partial charge on any atom is -0.378 e. The third-order valence-corrected chi connectivity index (χ3v) is 3.84. The summed E-state index contributed by atoms with van der Waals surface area (Å²) in [5.74, 6) is 0.0433. The third kappa shape index (κ3) is 7.94. The molecule has 1 heterocycles. The molecule has 1 saturated heterocycles. The molecule has 0 radical (unpaired) electrons. The Morgan fingerprint density at radius 1 is 1.47 bits per heavy atom. The first-order valence-electron chi connectivity index (χ1n) is 5.82. The van der Waals surface area contributed by atoms with E-state index in [1.54, 1.807) is 0 Å². The third-order valence-electron chi connectivity index (χ3n) is 2.45. The topological polar surface area (TPSA) is 67.4 Å². The van der Waals surface area contributed by atoms with E-state index in [2.05, 4.69) is 10.0 Å². The summed E-state index contributed by atoms with van der Waals surface area (Å²) in [6, 6.07) is 0.0396. The Labute approximate surface area is 110 Å². The van der Waals surface area contributed by atoms with Gasteiger partial charge in [-0.05, 0) is 33.2 Å². The van der Waals surface area contributed by atoms with Gasteiger partial charge in [0.1, 0.15) is 0 Å². The van der Waals surface area contributed by atoms with Crippen molar-refractivity contribution in [1.82, 2.24) is 10.0 Å². The van der Waals surface area contributed by atoms with Crippen LogP contribution in [0.2, 0.25) is 0 Å². The van der Waals surface area contributed by atoms with E-state index in [1.807, 2.05) is 13.8 Å². The second-order valence-corrected chi connectivity index (χ2v) is 6.27. The number of hydrogen-bond acceptors (Lipinski definition) is 4. The zero-order valence-corrected chi connectivity index (χ0v) is 12.1. The molecule has 0 saturated carbocycles. The highest BCUT2D eigenvalue weighted by molar-refractivity contribution is 7.89. The minimum atomic E-state index is -3.19. The van der Waals surface area contributed by atoms with Gasteiger partial charge in [-0.15, -0.1) is 12.4 Å². The average molecular weight is 287 g/mol. The van der Waals surface area contributed by atoms with Crippen LogP contribution in [0.5, 0.6) is 0 Å². The highest BCUT2D eigenvalue weighted by Gasteiger charge is 2.19. The van der Waals surface area contributed by atoms with Gasteiger partial charge in [0.15, 0.2) is 0 Å². The monoisotopic (exact) mass is 286 g/mol. The number of ether oxygens (including phenoxy) is 1. The number of nitrogens with one attached hydrogen (secondary N) is 2. The number of hydrogen-bond donors (Lipinski definition) is 2. The van der Waals surface area contributed by atoms with Crippen molar-refractivity contribution in [1.29, 1.82) is 0 Å². The van der Waals surface area contributed by atoms with E-state index in [4.69, 9.17) is 4.74 Å². The fourth-order valence-corrected chi connectivity index (χ4v) is 2.80. The van der Waals surface area contributed by atoms with Crippen LogP contribution in [0.4, 0.5) is 0 Å². The molecule has 0 aromatic heterocycles. The molecule has 1 rings (SSSR count). The molecular formula is C10H23ClN2O3S. The maximum atomic E-state index is 11.7. The molecule has 104 valence electrons. The molecule has 5 nitrogen and oxygen atoms in total. The Balaban J connectivity index is 0.00000256. The lowest BCUT2D eigenvalue weighted by atomic mass is 10.1. The van der Waals surface area contributed by atoms with Crippen molar-refractivity contribution in [3.05, 3.63) is 0 Å². The molecule has 0 aromatic carbocycles. The van der Waals surface area contributed by atoms with E-state index in [1.165, 1.54) is 0 Å². The Morgan fingerprint density at radius 2 is 2.18 bits per heavy atom. The van der Waals surface area contributed by atoms with Gasteiger partial charge in [-0.2, -0.15) is 0 Å². The zero-order chi connectivity index (χ0) is 12.0. The maximum Gasteiger partial charge on any atom is 0.214 e. The lowest BCUT2D eigenvalue weighted by molar-refractivity contribution is 0.0911. The molecule has 17 heavy (non-hydrogen) atoms. The van der Waals surface area contributed by atoms with Crippen molar-refractivity contribution in [2.24, 2.45) is 0 Å². The summed E-state index contributed by atoms with van der Waals surface area (Å²) in [6.45, 7) is 5.75. The van der Waals surface area contributed by atoms with Gasteiger partial charge in [0.25, 0.3) is 0 Å². The fraction of sp³-hybridized carbons (Fsp3) is 1.00. The molecule has 0 aliphatic carbocycles. The number of piperidine rings is 1. The molecule has 1 aliphatic rings. The van der Waals surface area contributed by atoms with Gasteiger partial charge in [0.05, 0.1) is 18.5 Å². The van der Waals surface area contributed by atoms with Crippen molar-refractivity contribution in [2.45, 2.75) is 38.8 Å².